The molecule has 0 aromatic carbocycles. The van der Waals surface area contributed by atoms with E-state index in [4.69, 9.17) is 0 Å². The summed E-state index contributed by atoms with van der Waals surface area (Å²) in [5.74, 6) is 1.03. The summed E-state index contributed by atoms with van der Waals surface area (Å²) in [4.78, 5) is 25.2. The number of amides is 1. The maximum Gasteiger partial charge on any atom is 0.222 e. The van der Waals surface area contributed by atoms with Gasteiger partial charge in [-0.15, -0.1) is 46.7 Å². The van der Waals surface area contributed by atoms with Crippen LogP contribution in [-0.2, 0) is 11.2 Å². The zero-order valence-electron chi connectivity index (χ0n) is 16.5. The van der Waals surface area contributed by atoms with E-state index in [2.05, 4.69) is 38.1 Å². The maximum absolute atomic E-state index is 11.8. The molecule has 0 radical (unpaired) electrons. The van der Waals surface area contributed by atoms with Crippen molar-refractivity contribution in [2.75, 3.05) is 26.7 Å². The Labute approximate surface area is 191 Å². The highest BCUT2D eigenvalue weighted by molar-refractivity contribution is 14.0. The molecular weight excluding hydrogens is 505 g/mol. The van der Waals surface area contributed by atoms with Crippen molar-refractivity contribution >= 4 is 58.5 Å². The molecule has 2 aromatic heterocycles. The fraction of sp³-hybridized carbons (Fsp3) is 0.526. The summed E-state index contributed by atoms with van der Waals surface area (Å²) in [6, 6.07) is 4.60. The van der Waals surface area contributed by atoms with E-state index in [9.17, 15) is 4.79 Å². The maximum atomic E-state index is 11.8. The number of aryl methyl sites for hydroxylation is 1. The number of carbonyl (C=O) groups excluding carboxylic acids is 1. The van der Waals surface area contributed by atoms with Crippen LogP contribution in [0.25, 0.3) is 10.6 Å². The normalized spacial score (nSPS) is 16.8. The molecule has 2 N–H and O–H groups in total. The highest BCUT2D eigenvalue weighted by Gasteiger charge is 2.25. The number of thiazole rings is 1. The molecule has 6 nitrogen and oxygen atoms in total. The van der Waals surface area contributed by atoms with Gasteiger partial charge in [0.15, 0.2) is 5.96 Å². The summed E-state index contributed by atoms with van der Waals surface area (Å²) in [5, 5.41) is 10.0. The number of nitrogens with zero attached hydrogens (tertiary/aromatic N) is 3. The van der Waals surface area contributed by atoms with Crippen molar-refractivity contribution < 1.29 is 4.79 Å². The molecule has 0 spiro atoms. The van der Waals surface area contributed by atoms with E-state index in [1.54, 1.807) is 29.7 Å². The van der Waals surface area contributed by atoms with Crippen molar-refractivity contribution in [3.05, 3.63) is 27.4 Å². The average Bonchev–Trinajstić information content (AvgIpc) is 3.41. The van der Waals surface area contributed by atoms with Gasteiger partial charge in [-0.05, 0) is 31.9 Å². The quantitative estimate of drug-likeness (QED) is 0.339. The molecule has 1 unspecified atom stereocenters. The largest absolute Gasteiger partial charge is 0.356 e. The second kappa shape index (κ2) is 11.1. The van der Waals surface area contributed by atoms with Crippen LogP contribution in [0.3, 0.4) is 0 Å². The molecule has 0 bridgehead atoms. The van der Waals surface area contributed by atoms with Crippen LogP contribution in [0.4, 0.5) is 0 Å². The number of likely N-dealkylation sites (tertiary alicyclic amines) is 1. The third-order valence-corrected chi connectivity index (χ3v) is 6.55. The van der Waals surface area contributed by atoms with Gasteiger partial charge in [0.2, 0.25) is 5.91 Å². The lowest BCUT2D eigenvalue weighted by Gasteiger charge is -2.18. The summed E-state index contributed by atoms with van der Waals surface area (Å²) >= 11 is 3.48. The van der Waals surface area contributed by atoms with Gasteiger partial charge in [0.25, 0.3) is 0 Å². The Kier molecular flexibility index (Phi) is 9.16. The van der Waals surface area contributed by atoms with E-state index in [1.807, 2.05) is 18.7 Å². The number of carbonyl (C=O) groups is 1. The second-order valence-electron chi connectivity index (χ2n) is 6.59. The highest BCUT2D eigenvalue weighted by Crippen LogP contribution is 2.29. The number of guanidine groups is 1. The standard InChI is InChI=1S/C19H27N5OS2.HI/c1-4-18(25)24-10-8-14(11-24)23-19(20-3)21-9-7-15-5-6-17(27-15)16-12-26-13(2)22-16;/h5-6,12,14H,4,7-11H2,1-3H3,(H2,20,21,23);1H. The minimum atomic E-state index is 0. The van der Waals surface area contributed by atoms with Gasteiger partial charge in [-0.25, -0.2) is 4.98 Å². The minimum Gasteiger partial charge on any atom is -0.356 e. The smallest absolute Gasteiger partial charge is 0.222 e. The van der Waals surface area contributed by atoms with Crippen LogP contribution in [-0.4, -0.2) is 54.5 Å². The molecule has 0 aliphatic carbocycles. The summed E-state index contributed by atoms with van der Waals surface area (Å²) < 4.78 is 0. The van der Waals surface area contributed by atoms with Crippen LogP contribution < -0.4 is 10.6 Å². The molecular formula is C19H28IN5OS2. The predicted octanol–water partition coefficient (Wildman–Crippen LogP) is 3.52. The molecule has 2 aromatic rings. The van der Waals surface area contributed by atoms with Crippen LogP contribution in [0.2, 0.25) is 0 Å². The molecule has 9 heteroatoms. The lowest BCUT2D eigenvalue weighted by molar-refractivity contribution is -0.129. The molecule has 1 saturated heterocycles. The van der Waals surface area contributed by atoms with Crippen LogP contribution in [0.1, 0.15) is 29.7 Å². The number of aromatic nitrogens is 1. The lowest BCUT2D eigenvalue weighted by Crippen LogP contribution is -2.45. The van der Waals surface area contributed by atoms with Crippen LogP contribution in [0.15, 0.2) is 22.5 Å². The van der Waals surface area contributed by atoms with E-state index >= 15 is 0 Å². The Morgan fingerprint density at radius 2 is 2.25 bits per heavy atom. The molecule has 0 saturated carbocycles. The monoisotopic (exact) mass is 533 g/mol. The Morgan fingerprint density at radius 1 is 1.43 bits per heavy atom. The van der Waals surface area contributed by atoms with Crippen molar-refractivity contribution in [1.82, 2.24) is 20.5 Å². The van der Waals surface area contributed by atoms with E-state index in [0.717, 1.165) is 49.1 Å². The molecule has 1 aliphatic heterocycles. The summed E-state index contributed by atoms with van der Waals surface area (Å²) in [5.41, 5.74) is 1.08. The van der Waals surface area contributed by atoms with Gasteiger partial charge in [0.1, 0.15) is 0 Å². The number of rotatable bonds is 6. The molecule has 1 aliphatic rings. The van der Waals surface area contributed by atoms with Crippen molar-refractivity contribution in [3.63, 3.8) is 0 Å². The first kappa shape index (κ1) is 23.1. The Hall–Kier alpha value is -1.20. The van der Waals surface area contributed by atoms with E-state index in [-0.39, 0.29) is 35.9 Å². The number of thiophene rings is 1. The number of hydrogen-bond donors (Lipinski definition) is 2. The van der Waals surface area contributed by atoms with E-state index in [0.29, 0.717) is 6.42 Å². The number of nitrogens with one attached hydrogen (secondary N) is 2. The molecule has 1 fully saturated rings. The summed E-state index contributed by atoms with van der Waals surface area (Å²) in [6.07, 6.45) is 2.48. The average molecular weight is 534 g/mol. The Balaban J connectivity index is 0.00000280. The minimum absolute atomic E-state index is 0. The Bertz CT molecular complexity index is 804. The van der Waals surface area contributed by atoms with E-state index in [1.165, 1.54) is 9.75 Å². The second-order valence-corrected chi connectivity index (χ2v) is 8.82. The lowest BCUT2D eigenvalue weighted by atomic mass is 10.3. The zero-order chi connectivity index (χ0) is 19.2. The fourth-order valence-electron chi connectivity index (χ4n) is 3.15. The van der Waals surface area contributed by atoms with Crippen molar-refractivity contribution in [2.24, 2.45) is 4.99 Å². The van der Waals surface area contributed by atoms with Gasteiger partial charge < -0.3 is 15.5 Å². The summed E-state index contributed by atoms with van der Waals surface area (Å²) in [6.45, 7) is 6.35. The van der Waals surface area contributed by atoms with Gasteiger partial charge in [-0.1, -0.05) is 6.92 Å². The highest BCUT2D eigenvalue weighted by atomic mass is 127. The first-order valence-corrected chi connectivity index (χ1v) is 11.0. The molecule has 28 heavy (non-hydrogen) atoms. The number of halogens is 1. The number of hydrogen-bond acceptors (Lipinski definition) is 5. The topological polar surface area (TPSA) is 69.6 Å². The Morgan fingerprint density at radius 3 is 2.93 bits per heavy atom. The van der Waals surface area contributed by atoms with Crippen molar-refractivity contribution in [1.29, 1.82) is 0 Å². The third-order valence-electron chi connectivity index (χ3n) is 4.60. The van der Waals surface area contributed by atoms with Gasteiger partial charge in [-0.3, -0.25) is 9.79 Å². The van der Waals surface area contributed by atoms with Gasteiger partial charge in [0, 0.05) is 49.4 Å². The fourth-order valence-corrected chi connectivity index (χ4v) is 4.80. The van der Waals surface area contributed by atoms with Crippen molar-refractivity contribution in [2.45, 2.75) is 39.2 Å². The third kappa shape index (κ3) is 6.15. The SMILES string of the molecule is CCC(=O)N1CCC(NC(=NC)NCCc2ccc(-c3csc(C)n3)s2)C1.I. The van der Waals surface area contributed by atoms with Gasteiger partial charge in [-0.2, -0.15) is 0 Å². The molecule has 1 atom stereocenters. The van der Waals surface area contributed by atoms with E-state index < -0.39 is 0 Å². The van der Waals surface area contributed by atoms with Crippen LogP contribution in [0.5, 0.6) is 0 Å². The summed E-state index contributed by atoms with van der Waals surface area (Å²) in [7, 11) is 1.78. The van der Waals surface area contributed by atoms with Gasteiger partial charge >= 0.3 is 0 Å². The first-order chi connectivity index (χ1) is 13.1. The van der Waals surface area contributed by atoms with Crippen LogP contribution in [0, 0.1) is 6.92 Å². The first-order valence-electron chi connectivity index (χ1n) is 9.35. The zero-order valence-corrected chi connectivity index (χ0v) is 20.5. The molecule has 1 amide bonds. The van der Waals surface area contributed by atoms with Crippen molar-refractivity contribution in [3.8, 4) is 10.6 Å². The molecule has 154 valence electrons. The molecule has 3 heterocycles. The predicted molar refractivity (Wildman–Crippen MR) is 129 cm³/mol. The number of aliphatic imine (C=N–C) groups is 1. The van der Waals surface area contributed by atoms with Gasteiger partial charge in [0.05, 0.1) is 15.6 Å². The molecule has 3 rings (SSSR count). The van der Waals surface area contributed by atoms with Crippen LogP contribution >= 0.6 is 46.7 Å².